The second-order valence-corrected chi connectivity index (χ2v) is 6.31. The maximum atomic E-state index is 14.1. The summed E-state index contributed by atoms with van der Waals surface area (Å²) in [5, 5.41) is 0. The van der Waals surface area contributed by atoms with Gasteiger partial charge in [0.25, 0.3) is 0 Å². The zero-order valence-electron chi connectivity index (χ0n) is 16.5. The van der Waals surface area contributed by atoms with E-state index in [-0.39, 0.29) is 12.5 Å². The van der Waals surface area contributed by atoms with Crippen molar-refractivity contribution in [3.8, 4) is 23.0 Å². The molecule has 29 heavy (non-hydrogen) atoms. The number of amides is 1. The molecule has 0 saturated heterocycles. The molecule has 0 atom stereocenters. The van der Waals surface area contributed by atoms with E-state index in [2.05, 4.69) is 0 Å². The lowest BCUT2D eigenvalue weighted by Crippen LogP contribution is -2.28. The third-order valence-electron chi connectivity index (χ3n) is 4.38. The Balaban J connectivity index is 2.02. The number of carbonyl (C=O) groups excluding carboxylic acids is 1. The van der Waals surface area contributed by atoms with Gasteiger partial charge in [0.2, 0.25) is 5.91 Å². The Labute approximate surface area is 169 Å². The maximum absolute atomic E-state index is 14.1. The molecule has 0 unspecified atom stereocenters. The Morgan fingerprint density at radius 3 is 2.28 bits per heavy atom. The van der Waals surface area contributed by atoms with E-state index in [1.165, 1.54) is 30.0 Å². The summed E-state index contributed by atoms with van der Waals surface area (Å²) in [6.45, 7) is 1.58. The first-order chi connectivity index (χ1) is 14.0. The van der Waals surface area contributed by atoms with Crippen LogP contribution in [0.1, 0.15) is 12.5 Å². The average Bonchev–Trinajstić information content (AvgIpc) is 2.73. The minimum absolute atomic E-state index is 0.157. The maximum Gasteiger partial charge on any atom is 0.224 e. The van der Waals surface area contributed by atoms with Gasteiger partial charge in [-0.15, -0.1) is 0 Å². The number of para-hydroxylation sites is 1. The molecule has 3 aromatic carbocycles. The van der Waals surface area contributed by atoms with Crippen LogP contribution in [-0.4, -0.2) is 20.1 Å². The molecule has 0 aromatic heterocycles. The summed E-state index contributed by atoms with van der Waals surface area (Å²) in [5.74, 6) is 1.45. The van der Waals surface area contributed by atoms with Crippen LogP contribution in [0.5, 0.6) is 23.0 Å². The molecular formula is C23H22FNO4. The number of methoxy groups -OCH3 is 2. The molecule has 0 aliphatic carbocycles. The first kappa shape index (κ1) is 20.2. The Bertz CT molecular complexity index is 991. The molecule has 0 aliphatic heterocycles. The Kier molecular flexibility index (Phi) is 6.34. The van der Waals surface area contributed by atoms with E-state index < -0.39 is 5.82 Å². The van der Waals surface area contributed by atoms with Gasteiger partial charge in [-0.25, -0.2) is 4.39 Å². The van der Waals surface area contributed by atoms with Crippen molar-refractivity contribution >= 4 is 11.6 Å². The van der Waals surface area contributed by atoms with Crippen LogP contribution in [0.3, 0.4) is 0 Å². The number of hydrogen-bond acceptors (Lipinski definition) is 4. The van der Waals surface area contributed by atoms with Gasteiger partial charge in [0.1, 0.15) is 23.1 Å². The molecule has 0 bridgehead atoms. The first-order valence-corrected chi connectivity index (χ1v) is 9.03. The summed E-state index contributed by atoms with van der Waals surface area (Å²) in [5.41, 5.74) is 1.04. The van der Waals surface area contributed by atoms with Crippen molar-refractivity contribution < 1.29 is 23.4 Å². The highest BCUT2D eigenvalue weighted by Crippen LogP contribution is 2.35. The Morgan fingerprint density at radius 1 is 0.897 bits per heavy atom. The van der Waals surface area contributed by atoms with Gasteiger partial charge in [-0.2, -0.15) is 0 Å². The highest BCUT2D eigenvalue weighted by Gasteiger charge is 2.20. The highest BCUT2D eigenvalue weighted by molar-refractivity contribution is 5.93. The third kappa shape index (κ3) is 4.85. The van der Waals surface area contributed by atoms with Crippen molar-refractivity contribution in [2.45, 2.75) is 13.5 Å². The van der Waals surface area contributed by atoms with Crippen LogP contribution in [-0.2, 0) is 11.3 Å². The Hall–Kier alpha value is -3.54. The average molecular weight is 394 g/mol. The number of halogens is 1. The molecule has 3 aromatic rings. The van der Waals surface area contributed by atoms with Crippen LogP contribution in [0.15, 0.2) is 66.7 Å². The van der Waals surface area contributed by atoms with Gasteiger partial charge in [0.05, 0.1) is 26.5 Å². The lowest BCUT2D eigenvalue weighted by molar-refractivity contribution is -0.116. The number of anilines is 1. The largest absolute Gasteiger partial charge is 0.497 e. The fourth-order valence-electron chi connectivity index (χ4n) is 2.95. The van der Waals surface area contributed by atoms with Crippen molar-refractivity contribution in [1.82, 2.24) is 0 Å². The first-order valence-electron chi connectivity index (χ1n) is 9.03. The second-order valence-electron chi connectivity index (χ2n) is 6.31. The molecule has 0 N–H and O–H groups in total. The molecule has 0 fully saturated rings. The van der Waals surface area contributed by atoms with Gasteiger partial charge in [-0.05, 0) is 42.5 Å². The lowest BCUT2D eigenvalue weighted by atomic mass is 10.1. The number of nitrogens with zero attached hydrogens (tertiary/aromatic N) is 1. The topological polar surface area (TPSA) is 48.0 Å². The summed E-state index contributed by atoms with van der Waals surface area (Å²) in [7, 11) is 3.11. The van der Waals surface area contributed by atoms with Crippen LogP contribution in [0.25, 0.3) is 0 Å². The van der Waals surface area contributed by atoms with Gasteiger partial charge >= 0.3 is 0 Å². The van der Waals surface area contributed by atoms with Crippen molar-refractivity contribution in [1.29, 1.82) is 0 Å². The highest BCUT2D eigenvalue weighted by atomic mass is 19.1. The van der Waals surface area contributed by atoms with E-state index >= 15 is 0 Å². The minimum atomic E-state index is -0.468. The fraction of sp³-hybridized carbons (Fsp3) is 0.174. The van der Waals surface area contributed by atoms with Crippen LogP contribution in [0.4, 0.5) is 10.1 Å². The van der Waals surface area contributed by atoms with Crippen LogP contribution in [0, 0.1) is 5.82 Å². The van der Waals surface area contributed by atoms with E-state index in [1.54, 1.807) is 44.6 Å². The predicted octanol–water partition coefficient (Wildman–Crippen LogP) is 5.19. The molecule has 3 rings (SSSR count). The summed E-state index contributed by atoms with van der Waals surface area (Å²) < 4.78 is 30.7. The smallest absolute Gasteiger partial charge is 0.224 e. The fourth-order valence-corrected chi connectivity index (χ4v) is 2.95. The van der Waals surface area contributed by atoms with Crippen LogP contribution < -0.4 is 19.1 Å². The van der Waals surface area contributed by atoms with Crippen molar-refractivity contribution in [2.75, 3.05) is 19.1 Å². The molecule has 0 spiro atoms. The molecule has 6 heteroatoms. The molecule has 5 nitrogen and oxygen atoms in total. The van der Waals surface area contributed by atoms with Crippen molar-refractivity contribution in [2.24, 2.45) is 0 Å². The third-order valence-corrected chi connectivity index (χ3v) is 4.38. The van der Waals surface area contributed by atoms with E-state index in [4.69, 9.17) is 14.2 Å². The number of ether oxygens (including phenoxy) is 3. The molecule has 0 aliphatic rings. The lowest BCUT2D eigenvalue weighted by Gasteiger charge is -2.25. The molecule has 1 amide bonds. The number of rotatable bonds is 7. The van der Waals surface area contributed by atoms with Gasteiger partial charge in [-0.1, -0.05) is 18.2 Å². The van der Waals surface area contributed by atoms with Gasteiger partial charge < -0.3 is 19.1 Å². The number of benzene rings is 3. The van der Waals surface area contributed by atoms with Crippen LogP contribution >= 0.6 is 0 Å². The quantitative estimate of drug-likeness (QED) is 0.553. The van der Waals surface area contributed by atoms with Gasteiger partial charge in [0.15, 0.2) is 5.75 Å². The standard InChI is InChI=1S/C23H22FNO4/c1-16(26)25(15-17-13-20(27-2)10-12-22(17)28-3)21-14-18(24)9-11-23(21)29-19-7-5-4-6-8-19/h4-14H,15H2,1-3H3/i3-1. The molecule has 0 saturated carbocycles. The van der Waals surface area contributed by atoms with E-state index in [0.717, 1.165) is 5.56 Å². The van der Waals surface area contributed by atoms with Crippen molar-refractivity contribution in [3.05, 3.63) is 78.1 Å². The summed E-state index contributed by atoms with van der Waals surface area (Å²) in [6, 6.07) is 18.5. The van der Waals surface area contributed by atoms with E-state index in [9.17, 15) is 9.18 Å². The molecule has 0 radical (unpaired) electrons. The zero-order valence-corrected chi connectivity index (χ0v) is 16.5. The predicted molar refractivity (Wildman–Crippen MR) is 109 cm³/mol. The normalized spacial score (nSPS) is 10.3. The van der Waals surface area contributed by atoms with E-state index in [1.807, 2.05) is 18.2 Å². The second kappa shape index (κ2) is 9.10. The number of carbonyl (C=O) groups is 1. The summed E-state index contributed by atoms with van der Waals surface area (Å²) in [6.07, 6.45) is 0. The van der Waals surface area contributed by atoms with Gasteiger partial charge in [-0.3, -0.25) is 4.79 Å². The summed E-state index contributed by atoms with van der Waals surface area (Å²) >= 11 is 0. The monoisotopic (exact) mass is 394 g/mol. The number of hydrogen-bond donors (Lipinski definition) is 0. The van der Waals surface area contributed by atoms with Crippen LogP contribution in [0.2, 0.25) is 0 Å². The molecular weight excluding hydrogens is 372 g/mol. The molecule has 0 heterocycles. The minimum Gasteiger partial charge on any atom is -0.497 e. The summed E-state index contributed by atoms with van der Waals surface area (Å²) in [4.78, 5) is 13.9. The zero-order chi connectivity index (χ0) is 20.8. The van der Waals surface area contributed by atoms with Crippen molar-refractivity contribution in [3.63, 3.8) is 0 Å². The molecule has 150 valence electrons. The van der Waals surface area contributed by atoms with Gasteiger partial charge in [0, 0.05) is 18.6 Å². The van der Waals surface area contributed by atoms with E-state index in [0.29, 0.717) is 28.7 Å². The Morgan fingerprint density at radius 2 is 1.62 bits per heavy atom. The SMILES string of the molecule is COc1ccc(O[11CH3])c(CN(C(C)=O)c2cc(F)ccc2Oc2ccccc2)c1.